The van der Waals surface area contributed by atoms with Gasteiger partial charge in [0, 0.05) is 6.20 Å². The first-order valence-corrected chi connectivity index (χ1v) is 5.55. The fraction of sp³-hybridized carbons (Fsp3) is 0.300. The number of pyridine rings is 1. The number of hydrogen-bond acceptors (Lipinski definition) is 1. The number of fused-ring (bicyclic) bond motifs is 1. The fourth-order valence-corrected chi connectivity index (χ4v) is 2.15. The van der Waals surface area contributed by atoms with Gasteiger partial charge in [0.15, 0.2) is 0 Å². The molecular formula is C10H9IN2. The van der Waals surface area contributed by atoms with Crippen LogP contribution in [0.25, 0.3) is 5.65 Å². The highest BCUT2D eigenvalue weighted by molar-refractivity contribution is 14.1. The van der Waals surface area contributed by atoms with E-state index in [4.69, 9.17) is 0 Å². The Balaban J connectivity index is 2.24. The second-order valence-electron chi connectivity index (χ2n) is 3.55. The van der Waals surface area contributed by atoms with Gasteiger partial charge >= 0.3 is 0 Å². The molecule has 2 nitrogen and oxygen atoms in total. The Morgan fingerprint density at radius 1 is 1.38 bits per heavy atom. The quantitative estimate of drug-likeness (QED) is 0.736. The molecule has 13 heavy (non-hydrogen) atoms. The van der Waals surface area contributed by atoms with E-state index in [2.05, 4.69) is 50.3 Å². The van der Waals surface area contributed by atoms with Crippen LogP contribution in [0.15, 0.2) is 24.5 Å². The molecule has 0 bridgehead atoms. The predicted molar refractivity (Wildman–Crippen MR) is 59.9 cm³/mol. The summed E-state index contributed by atoms with van der Waals surface area (Å²) in [5.41, 5.74) is 2.51. The average molecular weight is 284 g/mol. The normalized spacial score (nSPS) is 16.7. The van der Waals surface area contributed by atoms with E-state index in [1.165, 1.54) is 22.1 Å². The van der Waals surface area contributed by atoms with Gasteiger partial charge in [-0.05, 0) is 53.0 Å². The minimum Gasteiger partial charge on any atom is -0.295 e. The summed E-state index contributed by atoms with van der Waals surface area (Å²) in [5, 5.41) is 0. The SMILES string of the molecule is Ic1cnc2ccc(C3CC3)cn12. The second-order valence-corrected chi connectivity index (χ2v) is 4.65. The van der Waals surface area contributed by atoms with Gasteiger partial charge in [0.1, 0.15) is 9.35 Å². The lowest BCUT2D eigenvalue weighted by atomic mass is 10.2. The van der Waals surface area contributed by atoms with Crippen LogP contribution in [-0.4, -0.2) is 9.38 Å². The number of halogens is 1. The number of hydrogen-bond donors (Lipinski definition) is 0. The molecule has 3 rings (SSSR count). The van der Waals surface area contributed by atoms with Crippen LogP contribution in [-0.2, 0) is 0 Å². The number of aromatic nitrogens is 2. The van der Waals surface area contributed by atoms with Crippen molar-refractivity contribution in [1.82, 2.24) is 9.38 Å². The highest BCUT2D eigenvalue weighted by Gasteiger charge is 2.23. The van der Waals surface area contributed by atoms with Gasteiger partial charge in [-0.3, -0.25) is 4.40 Å². The topological polar surface area (TPSA) is 17.3 Å². The van der Waals surface area contributed by atoms with Gasteiger partial charge in [-0.15, -0.1) is 0 Å². The molecule has 0 atom stereocenters. The number of rotatable bonds is 1. The van der Waals surface area contributed by atoms with Crippen LogP contribution in [0.4, 0.5) is 0 Å². The first kappa shape index (κ1) is 7.79. The summed E-state index contributed by atoms with van der Waals surface area (Å²) >= 11 is 2.31. The van der Waals surface area contributed by atoms with Crippen LogP contribution in [0.1, 0.15) is 24.3 Å². The third kappa shape index (κ3) is 1.25. The molecule has 0 spiro atoms. The Hall–Kier alpha value is -0.580. The van der Waals surface area contributed by atoms with Crippen LogP contribution in [0.5, 0.6) is 0 Å². The molecular weight excluding hydrogens is 275 g/mol. The molecule has 0 aromatic carbocycles. The molecule has 2 aromatic rings. The van der Waals surface area contributed by atoms with Gasteiger partial charge in [-0.2, -0.15) is 0 Å². The molecule has 0 saturated heterocycles. The Bertz CT molecular complexity index is 457. The van der Waals surface area contributed by atoms with Crippen LogP contribution in [0.2, 0.25) is 0 Å². The highest BCUT2D eigenvalue weighted by atomic mass is 127. The van der Waals surface area contributed by atoms with Gasteiger partial charge in [-0.1, -0.05) is 6.07 Å². The third-order valence-corrected chi connectivity index (χ3v) is 3.33. The lowest BCUT2D eigenvalue weighted by molar-refractivity contribution is 1.05. The minimum atomic E-state index is 0.822. The Labute approximate surface area is 90.1 Å². The molecule has 0 aliphatic heterocycles. The van der Waals surface area contributed by atoms with E-state index in [9.17, 15) is 0 Å². The van der Waals surface area contributed by atoms with Gasteiger partial charge in [-0.25, -0.2) is 4.98 Å². The maximum atomic E-state index is 4.29. The molecule has 1 aliphatic rings. The maximum Gasteiger partial charge on any atom is 0.137 e. The van der Waals surface area contributed by atoms with E-state index >= 15 is 0 Å². The predicted octanol–water partition coefficient (Wildman–Crippen LogP) is 2.82. The van der Waals surface area contributed by atoms with E-state index in [1.807, 2.05) is 6.20 Å². The Morgan fingerprint density at radius 2 is 2.23 bits per heavy atom. The minimum absolute atomic E-state index is 0.822. The Morgan fingerprint density at radius 3 is 3.00 bits per heavy atom. The largest absolute Gasteiger partial charge is 0.295 e. The van der Waals surface area contributed by atoms with Crippen molar-refractivity contribution in [3.05, 3.63) is 33.8 Å². The van der Waals surface area contributed by atoms with Gasteiger partial charge in [0.2, 0.25) is 0 Å². The smallest absolute Gasteiger partial charge is 0.137 e. The second kappa shape index (κ2) is 2.70. The van der Waals surface area contributed by atoms with Crippen molar-refractivity contribution in [2.24, 2.45) is 0 Å². The molecule has 0 N–H and O–H groups in total. The lowest BCUT2D eigenvalue weighted by Gasteiger charge is -1.99. The summed E-state index contributed by atoms with van der Waals surface area (Å²) in [6, 6.07) is 4.31. The van der Waals surface area contributed by atoms with E-state index < -0.39 is 0 Å². The summed E-state index contributed by atoms with van der Waals surface area (Å²) < 4.78 is 3.35. The number of imidazole rings is 1. The first-order chi connectivity index (χ1) is 6.34. The molecule has 0 amide bonds. The van der Waals surface area contributed by atoms with Crippen LogP contribution in [0.3, 0.4) is 0 Å². The molecule has 66 valence electrons. The molecule has 2 heterocycles. The van der Waals surface area contributed by atoms with Crippen LogP contribution in [0, 0.1) is 3.70 Å². The van der Waals surface area contributed by atoms with E-state index in [1.54, 1.807) is 0 Å². The zero-order valence-electron chi connectivity index (χ0n) is 7.07. The van der Waals surface area contributed by atoms with Gasteiger partial charge in [0.25, 0.3) is 0 Å². The summed E-state index contributed by atoms with van der Waals surface area (Å²) in [6.45, 7) is 0. The van der Waals surface area contributed by atoms with Crippen molar-refractivity contribution >= 4 is 28.2 Å². The van der Waals surface area contributed by atoms with E-state index in [-0.39, 0.29) is 0 Å². The standard InChI is InChI=1S/C10H9IN2/c11-9-5-12-10-4-3-8(6-13(9)10)7-1-2-7/h3-7H,1-2H2. The molecule has 1 aliphatic carbocycles. The fourth-order valence-electron chi connectivity index (χ4n) is 1.63. The van der Waals surface area contributed by atoms with Crippen molar-refractivity contribution in [2.45, 2.75) is 18.8 Å². The Kier molecular flexibility index (Phi) is 1.62. The van der Waals surface area contributed by atoms with Crippen LogP contribution < -0.4 is 0 Å². The third-order valence-electron chi connectivity index (χ3n) is 2.53. The van der Waals surface area contributed by atoms with E-state index in [0.717, 1.165) is 11.6 Å². The maximum absolute atomic E-state index is 4.29. The molecule has 0 unspecified atom stereocenters. The zero-order valence-corrected chi connectivity index (χ0v) is 9.23. The monoisotopic (exact) mass is 284 g/mol. The van der Waals surface area contributed by atoms with Crippen LogP contribution >= 0.6 is 22.6 Å². The first-order valence-electron chi connectivity index (χ1n) is 4.47. The van der Waals surface area contributed by atoms with Crippen molar-refractivity contribution in [3.8, 4) is 0 Å². The lowest BCUT2D eigenvalue weighted by Crippen LogP contribution is -1.89. The molecule has 0 radical (unpaired) electrons. The van der Waals surface area contributed by atoms with Crippen molar-refractivity contribution in [3.63, 3.8) is 0 Å². The molecule has 2 aromatic heterocycles. The highest BCUT2D eigenvalue weighted by Crippen LogP contribution is 2.39. The average Bonchev–Trinajstić information content (AvgIpc) is 2.93. The zero-order chi connectivity index (χ0) is 8.84. The summed E-state index contributed by atoms with van der Waals surface area (Å²) in [5.74, 6) is 0.822. The van der Waals surface area contributed by atoms with E-state index in [0.29, 0.717) is 0 Å². The molecule has 1 fully saturated rings. The number of nitrogens with zero attached hydrogens (tertiary/aromatic N) is 2. The van der Waals surface area contributed by atoms with Gasteiger partial charge < -0.3 is 0 Å². The summed E-state index contributed by atoms with van der Waals surface area (Å²) in [7, 11) is 0. The molecule has 3 heteroatoms. The van der Waals surface area contributed by atoms with Crippen molar-refractivity contribution in [2.75, 3.05) is 0 Å². The van der Waals surface area contributed by atoms with Crippen molar-refractivity contribution < 1.29 is 0 Å². The van der Waals surface area contributed by atoms with Gasteiger partial charge in [0.05, 0.1) is 6.20 Å². The van der Waals surface area contributed by atoms with Crippen molar-refractivity contribution in [1.29, 1.82) is 0 Å². The summed E-state index contributed by atoms with van der Waals surface area (Å²) in [6.07, 6.45) is 6.85. The molecule has 1 saturated carbocycles. The summed E-state index contributed by atoms with van der Waals surface area (Å²) in [4.78, 5) is 4.29.